The van der Waals surface area contributed by atoms with Crippen molar-refractivity contribution in [3.8, 4) is 0 Å². The fourth-order valence-corrected chi connectivity index (χ4v) is 6.08. The number of ether oxygens (including phenoxy) is 1. The van der Waals surface area contributed by atoms with Gasteiger partial charge >= 0.3 is 11.9 Å². The summed E-state index contributed by atoms with van der Waals surface area (Å²) in [5, 5.41) is 10.2. The molecule has 1 unspecified atom stereocenters. The van der Waals surface area contributed by atoms with Gasteiger partial charge < -0.3 is 9.84 Å². The summed E-state index contributed by atoms with van der Waals surface area (Å²) in [6.07, 6.45) is 3.81. The predicted octanol–water partition coefficient (Wildman–Crippen LogP) is 6.15. The van der Waals surface area contributed by atoms with Crippen LogP contribution in [-0.4, -0.2) is 23.1 Å². The van der Waals surface area contributed by atoms with Gasteiger partial charge in [0, 0.05) is 17.8 Å². The Bertz CT molecular complexity index is 1060. The normalized spacial score (nSPS) is 28.5. The molecule has 0 heterocycles. The molecule has 4 nitrogen and oxygen atoms in total. The molecule has 4 heteroatoms. The van der Waals surface area contributed by atoms with Crippen LogP contribution in [0.15, 0.2) is 91.0 Å². The SMILES string of the molecule is O=C(O)[C@H]1[C@@H](c2ccccc2)[C@H](C(=O)O[C@H]2CCCCC2c2ccccc2)[C@@H]1c1ccccc1. The zero-order valence-corrected chi connectivity index (χ0v) is 19.1. The van der Waals surface area contributed by atoms with Gasteiger partial charge in [0.05, 0.1) is 11.8 Å². The van der Waals surface area contributed by atoms with E-state index in [0.717, 1.165) is 36.8 Å². The highest BCUT2D eigenvalue weighted by Gasteiger charge is 2.59. The van der Waals surface area contributed by atoms with Crippen LogP contribution < -0.4 is 0 Å². The monoisotopic (exact) mass is 454 g/mol. The average molecular weight is 455 g/mol. The lowest BCUT2D eigenvalue weighted by Crippen LogP contribution is -2.52. The Morgan fingerprint density at radius 1 is 0.647 bits per heavy atom. The molecule has 2 aliphatic carbocycles. The van der Waals surface area contributed by atoms with Crippen molar-refractivity contribution in [1.29, 1.82) is 0 Å². The highest BCUT2D eigenvalue weighted by molar-refractivity contribution is 5.84. The van der Waals surface area contributed by atoms with Crippen LogP contribution >= 0.6 is 0 Å². The maximum absolute atomic E-state index is 13.8. The second kappa shape index (κ2) is 9.84. The highest BCUT2D eigenvalue weighted by Crippen LogP contribution is 2.58. The number of aliphatic carboxylic acids is 1. The molecular formula is C30H30O4. The number of esters is 1. The summed E-state index contributed by atoms with van der Waals surface area (Å²) in [7, 11) is 0. The van der Waals surface area contributed by atoms with Gasteiger partial charge in [-0.25, -0.2) is 0 Å². The van der Waals surface area contributed by atoms with Crippen LogP contribution in [0.1, 0.15) is 60.1 Å². The molecule has 0 radical (unpaired) electrons. The molecule has 1 N–H and O–H groups in total. The van der Waals surface area contributed by atoms with E-state index in [1.54, 1.807) is 0 Å². The number of carbonyl (C=O) groups is 2. The molecule has 0 aromatic heterocycles. The van der Waals surface area contributed by atoms with Crippen molar-refractivity contribution in [2.45, 2.75) is 49.5 Å². The highest BCUT2D eigenvalue weighted by atomic mass is 16.5. The van der Waals surface area contributed by atoms with Gasteiger partial charge in [-0.2, -0.15) is 0 Å². The van der Waals surface area contributed by atoms with Crippen LogP contribution in [0.3, 0.4) is 0 Å². The Morgan fingerprint density at radius 2 is 1.12 bits per heavy atom. The summed E-state index contributed by atoms with van der Waals surface area (Å²) in [4.78, 5) is 26.2. The van der Waals surface area contributed by atoms with Gasteiger partial charge in [0.25, 0.3) is 0 Å². The molecule has 0 amide bonds. The lowest BCUT2D eigenvalue weighted by molar-refractivity contribution is -0.170. The predicted molar refractivity (Wildman–Crippen MR) is 131 cm³/mol. The standard InChI is InChI=1S/C30H30O4/c31-29(32)27-25(21-14-6-2-7-15-21)28(26(27)22-16-8-3-9-17-22)30(33)34-24-19-11-10-18-23(24)20-12-4-1-5-13-20/h1-9,12-17,23-28H,10-11,18-19H2,(H,31,32)/t23?,24-,25+,26+,27-,28-/m0/s1. The van der Waals surface area contributed by atoms with Crippen LogP contribution in [0.2, 0.25) is 0 Å². The number of benzene rings is 3. The fourth-order valence-electron chi connectivity index (χ4n) is 6.08. The van der Waals surface area contributed by atoms with Crippen LogP contribution in [0.4, 0.5) is 0 Å². The molecule has 4 atom stereocenters. The minimum atomic E-state index is -0.869. The van der Waals surface area contributed by atoms with Gasteiger partial charge in [-0.1, -0.05) is 97.4 Å². The summed E-state index contributed by atoms with van der Waals surface area (Å²) in [5.74, 6) is -2.97. The number of rotatable bonds is 6. The molecule has 0 aliphatic heterocycles. The third-order valence-corrected chi connectivity index (χ3v) is 7.67. The van der Waals surface area contributed by atoms with Crippen molar-refractivity contribution >= 4 is 11.9 Å². The first-order valence-electron chi connectivity index (χ1n) is 12.2. The number of hydrogen-bond donors (Lipinski definition) is 1. The Kier molecular flexibility index (Phi) is 6.48. The van der Waals surface area contributed by atoms with Crippen molar-refractivity contribution in [3.05, 3.63) is 108 Å². The van der Waals surface area contributed by atoms with E-state index < -0.39 is 29.6 Å². The summed E-state index contributed by atoms with van der Waals surface area (Å²) in [6.45, 7) is 0. The van der Waals surface area contributed by atoms with E-state index in [0.29, 0.717) is 0 Å². The minimum Gasteiger partial charge on any atom is -0.481 e. The second-order valence-electron chi connectivity index (χ2n) is 9.54. The Balaban J connectivity index is 1.46. The molecule has 0 spiro atoms. The fraction of sp³-hybridized carbons (Fsp3) is 0.333. The quantitative estimate of drug-likeness (QED) is 0.454. The van der Waals surface area contributed by atoms with Crippen molar-refractivity contribution < 1.29 is 19.4 Å². The maximum Gasteiger partial charge on any atom is 0.310 e. The smallest absolute Gasteiger partial charge is 0.310 e. The Hall–Kier alpha value is -3.40. The minimum absolute atomic E-state index is 0.180. The van der Waals surface area contributed by atoms with Crippen molar-refractivity contribution in [2.24, 2.45) is 11.8 Å². The maximum atomic E-state index is 13.8. The van der Waals surface area contributed by atoms with Crippen LogP contribution in [0.25, 0.3) is 0 Å². The third kappa shape index (κ3) is 4.25. The lowest BCUT2D eigenvalue weighted by atomic mass is 9.52. The molecule has 5 rings (SSSR count). The molecule has 174 valence electrons. The van der Waals surface area contributed by atoms with Crippen LogP contribution in [0.5, 0.6) is 0 Å². The lowest BCUT2D eigenvalue weighted by Gasteiger charge is -2.49. The van der Waals surface area contributed by atoms with E-state index in [-0.39, 0.29) is 18.0 Å². The van der Waals surface area contributed by atoms with E-state index in [4.69, 9.17) is 4.74 Å². The number of carboxylic acids is 1. The van der Waals surface area contributed by atoms with E-state index in [2.05, 4.69) is 12.1 Å². The average Bonchev–Trinajstić information content (AvgIpc) is 2.85. The second-order valence-corrected chi connectivity index (χ2v) is 9.54. The Morgan fingerprint density at radius 3 is 1.62 bits per heavy atom. The molecule has 2 saturated carbocycles. The van der Waals surface area contributed by atoms with Crippen molar-refractivity contribution in [2.75, 3.05) is 0 Å². The summed E-state index contributed by atoms with van der Waals surface area (Å²) >= 11 is 0. The first-order chi connectivity index (χ1) is 16.6. The van der Waals surface area contributed by atoms with Gasteiger partial charge in [-0.3, -0.25) is 9.59 Å². The molecule has 2 fully saturated rings. The molecular weight excluding hydrogens is 424 g/mol. The first kappa shape index (κ1) is 22.4. The van der Waals surface area contributed by atoms with Crippen LogP contribution in [-0.2, 0) is 14.3 Å². The first-order valence-corrected chi connectivity index (χ1v) is 12.2. The molecule has 3 aromatic carbocycles. The van der Waals surface area contributed by atoms with Crippen molar-refractivity contribution in [3.63, 3.8) is 0 Å². The molecule has 2 aliphatic rings. The van der Waals surface area contributed by atoms with E-state index >= 15 is 0 Å². The molecule has 0 saturated heterocycles. The van der Waals surface area contributed by atoms with E-state index in [1.165, 1.54) is 5.56 Å². The van der Waals surface area contributed by atoms with Gasteiger partial charge in [0.1, 0.15) is 6.10 Å². The number of carbonyl (C=O) groups excluding carboxylic acids is 1. The number of hydrogen-bond acceptors (Lipinski definition) is 3. The van der Waals surface area contributed by atoms with E-state index in [1.807, 2.05) is 78.9 Å². The summed E-state index contributed by atoms with van der Waals surface area (Å²) in [5.41, 5.74) is 2.97. The van der Waals surface area contributed by atoms with Gasteiger partial charge in [0.15, 0.2) is 0 Å². The van der Waals surface area contributed by atoms with E-state index in [9.17, 15) is 14.7 Å². The largest absolute Gasteiger partial charge is 0.481 e. The zero-order chi connectivity index (χ0) is 23.5. The topological polar surface area (TPSA) is 63.6 Å². The summed E-state index contributed by atoms with van der Waals surface area (Å²) in [6, 6.07) is 29.4. The Labute approximate surface area is 200 Å². The van der Waals surface area contributed by atoms with Crippen molar-refractivity contribution in [1.82, 2.24) is 0 Å². The van der Waals surface area contributed by atoms with Gasteiger partial charge in [0.2, 0.25) is 0 Å². The number of carboxylic acid groups (broad SMARTS) is 1. The molecule has 34 heavy (non-hydrogen) atoms. The summed E-state index contributed by atoms with van der Waals surface area (Å²) < 4.78 is 6.26. The van der Waals surface area contributed by atoms with Gasteiger partial charge in [-0.15, -0.1) is 0 Å². The molecule has 3 aromatic rings. The van der Waals surface area contributed by atoms with Crippen LogP contribution in [0, 0.1) is 11.8 Å². The zero-order valence-electron chi connectivity index (χ0n) is 19.1. The molecule has 0 bridgehead atoms. The third-order valence-electron chi connectivity index (χ3n) is 7.67. The van der Waals surface area contributed by atoms with Gasteiger partial charge in [-0.05, 0) is 36.0 Å².